The zero-order chi connectivity index (χ0) is 25.3. The Morgan fingerprint density at radius 3 is 2.64 bits per heavy atom. The van der Waals surface area contributed by atoms with Crippen molar-refractivity contribution >= 4 is 29.5 Å². The number of nitrogens with two attached hydrogens (primary N) is 1. The summed E-state index contributed by atoms with van der Waals surface area (Å²) < 4.78 is 5.46. The van der Waals surface area contributed by atoms with Crippen LogP contribution < -0.4 is 16.4 Å². The average Bonchev–Trinajstić information content (AvgIpc) is 2.86. The maximum Gasteiger partial charge on any atom is 0.251 e. The molecule has 1 saturated heterocycles. The van der Waals surface area contributed by atoms with Crippen molar-refractivity contribution in [2.45, 2.75) is 44.1 Å². The first-order valence-electron chi connectivity index (χ1n) is 12.8. The lowest BCUT2D eigenvalue weighted by atomic mass is 9.93. The number of hydrogen-bond donors (Lipinski definition) is 3. The third-order valence-electron chi connectivity index (χ3n) is 6.51. The van der Waals surface area contributed by atoms with Crippen molar-refractivity contribution in [3.8, 4) is 11.3 Å². The Hall–Kier alpha value is -2.69. The van der Waals surface area contributed by atoms with Crippen LogP contribution in [0.2, 0.25) is 0 Å². The van der Waals surface area contributed by atoms with Gasteiger partial charge in [-0.2, -0.15) is 0 Å². The topological polar surface area (TPSA) is 122 Å². The van der Waals surface area contributed by atoms with E-state index in [1.165, 1.54) is 11.8 Å². The number of ether oxygens (including phenoxy) is 1. The number of amides is 2. The average molecular weight is 513 g/mol. The standard InChI is InChI=1S/C26H36N6O3S/c1-18-15-19(5-4-9-32-10-12-35-13-11-32)21-16-20(18)25(34)29-8-3-2-7-28-23(33)6-14-36-24-17-22(21)30-26(27)31-24/h15-17H,2-14H2,1H3,(H,28,33)(H,29,34)(H2,27,30,31). The van der Waals surface area contributed by atoms with Crippen molar-refractivity contribution in [1.82, 2.24) is 25.5 Å². The van der Waals surface area contributed by atoms with Gasteiger partial charge in [-0.1, -0.05) is 6.07 Å². The number of nitrogen functional groups attached to an aromatic ring is 1. The summed E-state index contributed by atoms with van der Waals surface area (Å²) in [6.07, 6.45) is 3.88. The summed E-state index contributed by atoms with van der Waals surface area (Å²) >= 11 is 1.49. The van der Waals surface area contributed by atoms with Gasteiger partial charge in [0.2, 0.25) is 11.9 Å². The van der Waals surface area contributed by atoms with E-state index < -0.39 is 0 Å². The van der Waals surface area contributed by atoms with Crippen LogP contribution in [0.25, 0.3) is 11.3 Å². The number of rotatable bonds is 4. The number of nitrogens with zero attached hydrogens (tertiary/aromatic N) is 3. The van der Waals surface area contributed by atoms with Crippen molar-refractivity contribution in [2.24, 2.45) is 0 Å². The van der Waals surface area contributed by atoms with Gasteiger partial charge in [0, 0.05) is 49.5 Å². The molecule has 1 fully saturated rings. The highest BCUT2D eigenvalue weighted by Gasteiger charge is 2.18. The van der Waals surface area contributed by atoms with Crippen LogP contribution in [0.5, 0.6) is 0 Å². The van der Waals surface area contributed by atoms with E-state index in [0.717, 1.165) is 80.2 Å². The van der Waals surface area contributed by atoms with E-state index in [0.29, 0.717) is 36.5 Å². The molecule has 194 valence electrons. The molecule has 0 unspecified atom stereocenters. The highest BCUT2D eigenvalue weighted by Crippen LogP contribution is 2.30. The smallest absolute Gasteiger partial charge is 0.251 e. The van der Waals surface area contributed by atoms with Gasteiger partial charge in [-0.3, -0.25) is 14.5 Å². The van der Waals surface area contributed by atoms with Gasteiger partial charge >= 0.3 is 0 Å². The molecule has 3 heterocycles. The fraction of sp³-hybridized carbons (Fsp3) is 0.538. The summed E-state index contributed by atoms with van der Waals surface area (Å²) in [4.78, 5) is 36.5. The van der Waals surface area contributed by atoms with E-state index in [-0.39, 0.29) is 17.8 Å². The second-order valence-electron chi connectivity index (χ2n) is 9.24. The van der Waals surface area contributed by atoms with Crippen LogP contribution in [-0.2, 0) is 16.0 Å². The van der Waals surface area contributed by atoms with Crippen molar-refractivity contribution in [3.05, 3.63) is 34.9 Å². The number of hydrogen-bond acceptors (Lipinski definition) is 8. The number of anilines is 1. The number of benzene rings is 1. The molecule has 2 aliphatic heterocycles. The van der Waals surface area contributed by atoms with Crippen molar-refractivity contribution in [2.75, 3.05) is 57.4 Å². The molecule has 10 heteroatoms. The molecule has 36 heavy (non-hydrogen) atoms. The van der Waals surface area contributed by atoms with E-state index in [4.69, 9.17) is 10.5 Å². The highest BCUT2D eigenvalue weighted by atomic mass is 32.2. The fourth-order valence-electron chi connectivity index (χ4n) is 4.54. The summed E-state index contributed by atoms with van der Waals surface area (Å²) in [6, 6.07) is 5.98. The van der Waals surface area contributed by atoms with Gasteiger partial charge in [-0.25, -0.2) is 9.97 Å². The zero-order valence-corrected chi connectivity index (χ0v) is 21.8. The number of nitrogens with one attached hydrogen (secondary N) is 2. The van der Waals surface area contributed by atoms with E-state index in [9.17, 15) is 9.59 Å². The first-order valence-corrected chi connectivity index (χ1v) is 13.7. The molecule has 4 rings (SSSR count). The maximum atomic E-state index is 13.1. The molecule has 0 aliphatic carbocycles. The van der Waals surface area contributed by atoms with Crippen molar-refractivity contribution in [1.29, 1.82) is 0 Å². The third kappa shape index (κ3) is 7.41. The number of carbonyl (C=O) groups is 2. The monoisotopic (exact) mass is 512 g/mol. The zero-order valence-electron chi connectivity index (χ0n) is 21.0. The second kappa shape index (κ2) is 13.0. The van der Waals surface area contributed by atoms with Crippen LogP contribution in [0, 0.1) is 6.92 Å². The quantitative estimate of drug-likeness (QED) is 0.534. The Labute approximate surface area is 217 Å². The molecule has 0 saturated carbocycles. The van der Waals surface area contributed by atoms with Crippen LogP contribution in [0.15, 0.2) is 23.2 Å². The highest BCUT2D eigenvalue weighted by molar-refractivity contribution is 7.99. The predicted molar refractivity (Wildman–Crippen MR) is 142 cm³/mol. The van der Waals surface area contributed by atoms with Crippen LogP contribution in [0.4, 0.5) is 5.95 Å². The van der Waals surface area contributed by atoms with Gasteiger partial charge in [0.25, 0.3) is 5.91 Å². The largest absolute Gasteiger partial charge is 0.379 e. The number of aromatic nitrogens is 2. The molecule has 2 aliphatic rings. The van der Waals surface area contributed by atoms with E-state index >= 15 is 0 Å². The SMILES string of the molecule is Cc1cc(CCCN2CCOCC2)c2cc1C(=O)NCCCCNC(=O)CCSc1cc-2nc(N)n1. The summed E-state index contributed by atoms with van der Waals surface area (Å²) in [5, 5.41) is 6.69. The normalized spacial score (nSPS) is 18.2. The summed E-state index contributed by atoms with van der Waals surface area (Å²) in [7, 11) is 0. The van der Waals surface area contributed by atoms with Gasteiger partial charge in [-0.15, -0.1) is 11.8 Å². The Bertz CT molecular complexity index is 1070. The number of aryl methyl sites for hydroxylation is 2. The number of morpholine rings is 1. The molecule has 2 amide bonds. The predicted octanol–water partition coefficient (Wildman–Crippen LogP) is 2.42. The Kier molecular flexibility index (Phi) is 9.54. The third-order valence-corrected chi connectivity index (χ3v) is 7.42. The van der Waals surface area contributed by atoms with Crippen molar-refractivity contribution in [3.63, 3.8) is 0 Å². The lowest BCUT2D eigenvalue weighted by molar-refractivity contribution is -0.120. The number of thioether (sulfide) groups is 1. The minimum atomic E-state index is -0.0985. The molecule has 4 bridgehead atoms. The van der Waals surface area contributed by atoms with Gasteiger partial charge in [-0.05, 0) is 62.4 Å². The van der Waals surface area contributed by atoms with E-state index in [1.54, 1.807) is 0 Å². The van der Waals surface area contributed by atoms with Crippen molar-refractivity contribution < 1.29 is 14.3 Å². The Morgan fingerprint density at radius 2 is 1.83 bits per heavy atom. The fourth-order valence-corrected chi connectivity index (χ4v) is 5.39. The van der Waals surface area contributed by atoms with E-state index in [1.807, 2.05) is 19.1 Å². The first-order chi connectivity index (χ1) is 17.5. The van der Waals surface area contributed by atoms with Crippen LogP contribution in [-0.4, -0.2) is 78.4 Å². The van der Waals surface area contributed by atoms with Crippen LogP contribution >= 0.6 is 11.8 Å². The second-order valence-corrected chi connectivity index (χ2v) is 10.4. The molecule has 0 atom stereocenters. The molecule has 1 aromatic heterocycles. The molecule has 4 N–H and O–H groups in total. The van der Waals surface area contributed by atoms with Gasteiger partial charge in [0.05, 0.1) is 18.9 Å². The lowest BCUT2D eigenvalue weighted by Crippen LogP contribution is -2.36. The van der Waals surface area contributed by atoms with Crippen LogP contribution in [0.1, 0.15) is 47.2 Å². The van der Waals surface area contributed by atoms with Crippen LogP contribution in [0.3, 0.4) is 0 Å². The molecule has 0 spiro atoms. The van der Waals surface area contributed by atoms with Gasteiger partial charge in [0.15, 0.2) is 0 Å². The van der Waals surface area contributed by atoms with Gasteiger partial charge < -0.3 is 21.1 Å². The first kappa shape index (κ1) is 26.4. The Balaban J connectivity index is 1.64. The number of carbonyl (C=O) groups excluding carboxylic acids is 2. The molecule has 2 aromatic rings. The maximum absolute atomic E-state index is 13.1. The summed E-state index contributed by atoms with van der Waals surface area (Å²) in [5.41, 5.74) is 10.4. The Morgan fingerprint density at radius 1 is 1.06 bits per heavy atom. The minimum Gasteiger partial charge on any atom is -0.379 e. The molecular formula is C26H36N6O3S. The summed E-state index contributed by atoms with van der Waals surface area (Å²) in [6.45, 7) is 7.65. The summed E-state index contributed by atoms with van der Waals surface area (Å²) in [5.74, 6) is 0.706. The van der Waals surface area contributed by atoms with Gasteiger partial charge in [0.1, 0.15) is 5.03 Å². The molecule has 0 radical (unpaired) electrons. The molecular weight excluding hydrogens is 476 g/mol. The lowest BCUT2D eigenvalue weighted by Gasteiger charge is -2.26. The minimum absolute atomic E-state index is 0.0166. The van der Waals surface area contributed by atoms with E-state index in [2.05, 4.69) is 31.6 Å². The molecule has 1 aromatic carbocycles. The number of fused-ring (bicyclic) bond motifs is 5. The molecule has 9 nitrogen and oxygen atoms in total.